The second-order valence-corrected chi connectivity index (χ2v) is 5.81. The first-order valence-corrected chi connectivity index (χ1v) is 5.76. The van der Waals surface area contributed by atoms with Crippen molar-refractivity contribution in [3.63, 3.8) is 0 Å². The molecule has 4 nitrogen and oxygen atoms in total. The normalized spacial score (nSPS) is 27.2. The topological polar surface area (TPSA) is 49.8 Å². The Hall–Kier alpha value is -0.610. The number of nitrogens with zero attached hydrogens (tertiary/aromatic N) is 1. The van der Waals surface area contributed by atoms with Crippen LogP contribution in [0.15, 0.2) is 0 Å². The first-order valence-electron chi connectivity index (χ1n) is 5.76. The van der Waals surface area contributed by atoms with Crippen LogP contribution in [0.1, 0.15) is 40.5 Å². The van der Waals surface area contributed by atoms with Crippen LogP contribution in [0.25, 0.3) is 0 Å². The Morgan fingerprint density at radius 1 is 1.44 bits per heavy atom. The standard InChI is InChI=1S/C12H23NO3/c1-11(2)8-9(12(3,4)16-11)13(5)7-6-10(14)15/h9H,6-8H2,1-5H3,(H,14,15). The Balaban J connectivity index is 2.62. The summed E-state index contributed by atoms with van der Waals surface area (Å²) in [5, 5.41) is 8.68. The fourth-order valence-corrected chi connectivity index (χ4v) is 2.65. The van der Waals surface area contributed by atoms with E-state index in [4.69, 9.17) is 9.84 Å². The van der Waals surface area contributed by atoms with Crippen molar-refractivity contribution < 1.29 is 14.6 Å². The fraction of sp³-hybridized carbons (Fsp3) is 0.917. The summed E-state index contributed by atoms with van der Waals surface area (Å²) >= 11 is 0. The van der Waals surface area contributed by atoms with Gasteiger partial charge in [0, 0.05) is 12.6 Å². The number of rotatable bonds is 4. The van der Waals surface area contributed by atoms with E-state index in [0.29, 0.717) is 6.54 Å². The van der Waals surface area contributed by atoms with Gasteiger partial charge in [0.2, 0.25) is 0 Å². The second kappa shape index (κ2) is 4.34. The molecular formula is C12H23NO3. The molecule has 94 valence electrons. The molecule has 0 aliphatic carbocycles. The van der Waals surface area contributed by atoms with Crippen molar-refractivity contribution in [1.82, 2.24) is 4.90 Å². The molecule has 1 saturated heterocycles. The number of likely N-dealkylation sites (N-methyl/N-ethyl adjacent to an activating group) is 1. The molecule has 1 rings (SSSR count). The van der Waals surface area contributed by atoms with Gasteiger partial charge in [-0.2, -0.15) is 0 Å². The monoisotopic (exact) mass is 229 g/mol. The van der Waals surface area contributed by atoms with Gasteiger partial charge in [0.15, 0.2) is 0 Å². The van der Waals surface area contributed by atoms with E-state index in [1.165, 1.54) is 0 Å². The lowest BCUT2D eigenvalue weighted by Crippen LogP contribution is -2.45. The second-order valence-electron chi connectivity index (χ2n) is 5.81. The molecule has 0 aromatic rings. The molecule has 1 aliphatic heterocycles. The molecule has 1 fully saturated rings. The van der Waals surface area contributed by atoms with E-state index < -0.39 is 5.97 Å². The van der Waals surface area contributed by atoms with Gasteiger partial charge in [-0.15, -0.1) is 0 Å². The quantitative estimate of drug-likeness (QED) is 0.797. The van der Waals surface area contributed by atoms with Gasteiger partial charge in [0.1, 0.15) is 0 Å². The number of carbonyl (C=O) groups is 1. The Labute approximate surface area is 97.6 Å². The maximum absolute atomic E-state index is 10.5. The molecule has 1 unspecified atom stereocenters. The Morgan fingerprint density at radius 2 is 2.00 bits per heavy atom. The van der Waals surface area contributed by atoms with Crippen LogP contribution in [-0.2, 0) is 9.53 Å². The van der Waals surface area contributed by atoms with E-state index in [0.717, 1.165) is 6.42 Å². The summed E-state index contributed by atoms with van der Waals surface area (Å²) in [4.78, 5) is 12.6. The molecule has 1 atom stereocenters. The van der Waals surface area contributed by atoms with Crippen molar-refractivity contribution in [3.8, 4) is 0 Å². The van der Waals surface area contributed by atoms with Crippen molar-refractivity contribution in [3.05, 3.63) is 0 Å². The number of ether oxygens (including phenoxy) is 1. The zero-order valence-electron chi connectivity index (χ0n) is 10.9. The van der Waals surface area contributed by atoms with Crippen molar-refractivity contribution in [1.29, 1.82) is 0 Å². The van der Waals surface area contributed by atoms with Gasteiger partial charge in [-0.1, -0.05) is 0 Å². The summed E-state index contributed by atoms with van der Waals surface area (Å²) in [6.07, 6.45) is 1.12. The van der Waals surface area contributed by atoms with Crippen LogP contribution in [0, 0.1) is 0 Å². The minimum absolute atomic E-state index is 0.119. The zero-order valence-corrected chi connectivity index (χ0v) is 10.9. The highest BCUT2D eigenvalue weighted by Crippen LogP contribution is 2.39. The molecule has 1 aliphatic rings. The SMILES string of the molecule is CN(CCC(=O)O)C1CC(C)(C)OC1(C)C. The number of aliphatic carboxylic acids is 1. The average Bonchev–Trinajstić information content (AvgIpc) is 2.30. The molecule has 0 radical (unpaired) electrons. The Kier molecular flexibility index (Phi) is 3.65. The Morgan fingerprint density at radius 3 is 2.38 bits per heavy atom. The first-order chi connectivity index (χ1) is 7.14. The highest BCUT2D eigenvalue weighted by molar-refractivity contribution is 5.66. The molecule has 1 N–H and O–H groups in total. The van der Waals surface area contributed by atoms with Gasteiger partial charge in [-0.3, -0.25) is 9.69 Å². The van der Waals surface area contributed by atoms with Crippen LogP contribution in [0.4, 0.5) is 0 Å². The van der Waals surface area contributed by atoms with Crippen LogP contribution in [0.5, 0.6) is 0 Å². The van der Waals surface area contributed by atoms with E-state index in [-0.39, 0.29) is 23.7 Å². The van der Waals surface area contributed by atoms with Crippen LogP contribution in [-0.4, -0.2) is 46.8 Å². The van der Waals surface area contributed by atoms with Gasteiger partial charge in [-0.25, -0.2) is 0 Å². The molecule has 0 aromatic heterocycles. The van der Waals surface area contributed by atoms with E-state index in [9.17, 15) is 4.79 Å². The summed E-state index contributed by atoms with van der Waals surface area (Å²) in [6, 6.07) is 0.279. The van der Waals surface area contributed by atoms with Crippen molar-refractivity contribution in [2.45, 2.75) is 57.8 Å². The third-order valence-electron chi connectivity index (χ3n) is 3.24. The van der Waals surface area contributed by atoms with Gasteiger partial charge in [-0.05, 0) is 41.2 Å². The van der Waals surface area contributed by atoms with E-state index in [2.05, 4.69) is 32.6 Å². The first kappa shape index (κ1) is 13.5. The molecule has 0 spiro atoms. The third kappa shape index (κ3) is 3.19. The molecule has 4 heteroatoms. The minimum atomic E-state index is -0.747. The van der Waals surface area contributed by atoms with Crippen LogP contribution in [0.2, 0.25) is 0 Å². The largest absolute Gasteiger partial charge is 0.481 e. The van der Waals surface area contributed by atoms with Gasteiger partial charge in [0.05, 0.1) is 17.6 Å². The van der Waals surface area contributed by atoms with Crippen LogP contribution >= 0.6 is 0 Å². The average molecular weight is 229 g/mol. The minimum Gasteiger partial charge on any atom is -0.481 e. The van der Waals surface area contributed by atoms with Crippen molar-refractivity contribution in [2.75, 3.05) is 13.6 Å². The highest BCUT2D eigenvalue weighted by atomic mass is 16.5. The fourth-order valence-electron chi connectivity index (χ4n) is 2.65. The van der Waals surface area contributed by atoms with E-state index in [1.807, 2.05) is 7.05 Å². The number of carboxylic acid groups (broad SMARTS) is 1. The molecule has 0 amide bonds. The van der Waals surface area contributed by atoms with Crippen LogP contribution in [0.3, 0.4) is 0 Å². The molecule has 1 heterocycles. The maximum atomic E-state index is 10.5. The molecular weight excluding hydrogens is 206 g/mol. The van der Waals surface area contributed by atoms with Gasteiger partial charge < -0.3 is 9.84 Å². The summed E-state index contributed by atoms with van der Waals surface area (Å²) in [5.74, 6) is -0.747. The van der Waals surface area contributed by atoms with Crippen molar-refractivity contribution >= 4 is 5.97 Å². The summed E-state index contributed by atoms with van der Waals surface area (Å²) < 4.78 is 5.99. The molecule has 0 bridgehead atoms. The third-order valence-corrected chi connectivity index (χ3v) is 3.24. The van der Waals surface area contributed by atoms with Crippen LogP contribution < -0.4 is 0 Å². The Bertz CT molecular complexity index is 273. The zero-order chi connectivity index (χ0) is 12.6. The van der Waals surface area contributed by atoms with E-state index >= 15 is 0 Å². The number of hydrogen-bond donors (Lipinski definition) is 1. The lowest BCUT2D eigenvalue weighted by Gasteiger charge is -2.33. The smallest absolute Gasteiger partial charge is 0.304 e. The molecule has 0 saturated carbocycles. The highest BCUT2D eigenvalue weighted by Gasteiger charge is 2.47. The molecule has 16 heavy (non-hydrogen) atoms. The summed E-state index contributed by atoms with van der Waals surface area (Å²) in [5.41, 5.74) is -0.331. The lowest BCUT2D eigenvalue weighted by atomic mass is 9.93. The lowest BCUT2D eigenvalue weighted by molar-refractivity contribution is -0.137. The number of hydrogen-bond acceptors (Lipinski definition) is 3. The van der Waals surface area contributed by atoms with E-state index in [1.54, 1.807) is 0 Å². The molecule has 0 aromatic carbocycles. The van der Waals surface area contributed by atoms with Gasteiger partial charge >= 0.3 is 5.97 Å². The van der Waals surface area contributed by atoms with Crippen molar-refractivity contribution in [2.24, 2.45) is 0 Å². The predicted molar refractivity (Wildman–Crippen MR) is 62.5 cm³/mol. The summed E-state index contributed by atoms with van der Waals surface area (Å²) in [7, 11) is 1.97. The summed E-state index contributed by atoms with van der Waals surface area (Å²) in [6.45, 7) is 8.88. The van der Waals surface area contributed by atoms with Gasteiger partial charge in [0.25, 0.3) is 0 Å². The number of carboxylic acids is 1. The maximum Gasteiger partial charge on any atom is 0.304 e. The predicted octanol–water partition coefficient (Wildman–Crippen LogP) is 1.74.